The molecule has 1 unspecified atom stereocenters. The molecule has 1 N–H and O–H groups in total. The van der Waals surface area contributed by atoms with Crippen LogP contribution in [0.1, 0.15) is 24.0 Å². The lowest BCUT2D eigenvalue weighted by molar-refractivity contribution is -0.108. The van der Waals surface area contributed by atoms with Crippen molar-refractivity contribution in [3.63, 3.8) is 0 Å². The van der Waals surface area contributed by atoms with Crippen molar-refractivity contribution >= 4 is 6.29 Å². The van der Waals surface area contributed by atoms with Gasteiger partial charge in [-0.3, -0.25) is 0 Å². The molecule has 0 heterocycles. The number of phenols is 1. The van der Waals surface area contributed by atoms with Crippen molar-refractivity contribution in [3.8, 4) is 11.8 Å². The maximum Gasteiger partial charge on any atom is 0.127 e. The third kappa shape index (κ3) is 1.67. The second-order valence-corrected chi connectivity index (χ2v) is 2.77. The molecule has 0 fully saturated rings. The first-order chi connectivity index (χ1) is 6.20. The van der Waals surface area contributed by atoms with Crippen molar-refractivity contribution < 1.29 is 9.90 Å². The summed E-state index contributed by atoms with van der Waals surface area (Å²) in [4.78, 5) is 10.5. The minimum absolute atomic E-state index is 0.00125. The van der Waals surface area contributed by atoms with Crippen molar-refractivity contribution in [1.82, 2.24) is 0 Å². The van der Waals surface area contributed by atoms with Crippen LogP contribution in [0, 0.1) is 11.3 Å². The first-order valence-corrected chi connectivity index (χ1v) is 3.88. The Morgan fingerprint density at radius 1 is 1.62 bits per heavy atom. The molecule has 0 bridgehead atoms. The average molecular weight is 175 g/mol. The van der Waals surface area contributed by atoms with Crippen molar-refractivity contribution in [2.45, 2.75) is 12.8 Å². The number of aldehydes is 1. The Bertz CT molecular complexity index is 366. The Morgan fingerprint density at radius 2 is 2.31 bits per heavy atom. The van der Waals surface area contributed by atoms with Crippen LogP contribution < -0.4 is 0 Å². The predicted octanol–water partition coefficient (Wildman–Crippen LogP) is 1.57. The quantitative estimate of drug-likeness (QED) is 0.694. The predicted molar refractivity (Wildman–Crippen MR) is 47.3 cm³/mol. The highest BCUT2D eigenvalue weighted by atomic mass is 16.3. The number of carbonyl (C=O) groups excluding carboxylic acids is 1. The van der Waals surface area contributed by atoms with Gasteiger partial charge in [-0.15, -0.1) is 0 Å². The Morgan fingerprint density at radius 3 is 2.85 bits per heavy atom. The normalized spacial score (nSPS) is 11.7. The highest BCUT2D eigenvalue weighted by Gasteiger charge is 2.13. The maximum atomic E-state index is 10.5. The smallest absolute Gasteiger partial charge is 0.127 e. The topological polar surface area (TPSA) is 61.1 Å². The molecule has 1 aromatic rings. The molecule has 0 saturated heterocycles. The molecule has 0 aromatic heterocycles. The van der Waals surface area contributed by atoms with Crippen LogP contribution in [0.3, 0.4) is 0 Å². The summed E-state index contributed by atoms with van der Waals surface area (Å²) < 4.78 is 0. The van der Waals surface area contributed by atoms with Crippen LogP contribution in [0.4, 0.5) is 0 Å². The van der Waals surface area contributed by atoms with Crippen LogP contribution in [0.2, 0.25) is 0 Å². The minimum atomic E-state index is -0.448. The van der Waals surface area contributed by atoms with Gasteiger partial charge in [0.15, 0.2) is 0 Å². The van der Waals surface area contributed by atoms with E-state index in [0.717, 1.165) is 0 Å². The Kier molecular flexibility index (Phi) is 2.65. The molecule has 0 spiro atoms. The number of hydrogen-bond acceptors (Lipinski definition) is 3. The summed E-state index contributed by atoms with van der Waals surface area (Å²) in [6.45, 7) is 1.64. The molecule has 0 aliphatic rings. The van der Waals surface area contributed by atoms with E-state index in [1.807, 2.05) is 6.07 Å². The van der Waals surface area contributed by atoms with Gasteiger partial charge in [0.1, 0.15) is 12.0 Å². The Labute approximate surface area is 76.2 Å². The van der Waals surface area contributed by atoms with E-state index >= 15 is 0 Å². The lowest BCUT2D eigenvalue weighted by Gasteiger charge is -2.08. The second-order valence-electron chi connectivity index (χ2n) is 2.77. The minimum Gasteiger partial charge on any atom is -0.508 e. The van der Waals surface area contributed by atoms with Gasteiger partial charge >= 0.3 is 0 Å². The van der Waals surface area contributed by atoms with Gasteiger partial charge in [-0.2, -0.15) is 5.26 Å². The molecule has 66 valence electrons. The zero-order valence-corrected chi connectivity index (χ0v) is 7.19. The van der Waals surface area contributed by atoms with Crippen molar-refractivity contribution in [2.24, 2.45) is 0 Å². The molecule has 0 aliphatic carbocycles. The van der Waals surface area contributed by atoms with E-state index < -0.39 is 5.92 Å². The van der Waals surface area contributed by atoms with E-state index in [0.29, 0.717) is 17.4 Å². The first-order valence-electron chi connectivity index (χ1n) is 3.88. The first kappa shape index (κ1) is 9.27. The van der Waals surface area contributed by atoms with Crippen LogP contribution in [-0.2, 0) is 4.79 Å². The van der Waals surface area contributed by atoms with E-state index in [2.05, 4.69) is 0 Å². The van der Waals surface area contributed by atoms with Crippen LogP contribution in [0.15, 0.2) is 18.2 Å². The van der Waals surface area contributed by atoms with E-state index in [-0.39, 0.29) is 5.75 Å². The van der Waals surface area contributed by atoms with Gasteiger partial charge < -0.3 is 9.90 Å². The Hall–Kier alpha value is -1.82. The summed E-state index contributed by atoms with van der Waals surface area (Å²) in [7, 11) is 0. The van der Waals surface area contributed by atoms with Gasteiger partial charge in [-0.05, 0) is 12.1 Å². The summed E-state index contributed by atoms with van der Waals surface area (Å²) in [5, 5.41) is 18.1. The monoisotopic (exact) mass is 175 g/mol. The van der Waals surface area contributed by atoms with Crippen molar-refractivity contribution in [2.75, 3.05) is 0 Å². The summed E-state index contributed by atoms with van der Waals surface area (Å²) in [5.41, 5.74) is 0.750. The van der Waals surface area contributed by atoms with Crippen LogP contribution >= 0.6 is 0 Å². The number of hydrogen-bond donors (Lipinski definition) is 1. The van der Waals surface area contributed by atoms with Gasteiger partial charge in [0.2, 0.25) is 0 Å². The fraction of sp³-hybridized carbons (Fsp3) is 0.200. The molecular weight excluding hydrogens is 166 g/mol. The largest absolute Gasteiger partial charge is 0.508 e. The lowest BCUT2D eigenvalue weighted by Crippen LogP contribution is -1.98. The molecule has 0 aliphatic heterocycles. The van der Waals surface area contributed by atoms with E-state index in [1.165, 1.54) is 6.07 Å². The third-order valence-corrected chi connectivity index (χ3v) is 1.86. The van der Waals surface area contributed by atoms with Gasteiger partial charge in [0.25, 0.3) is 0 Å². The van der Waals surface area contributed by atoms with Crippen LogP contribution in [-0.4, -0.2) is 11.4 Å². The number of carbonyl (C=O) groups is 1. The number of benzene rings is 1. The number of nitriles is 1. The fourth-order valence-electron chi connectivity index (χ4n) is 1.20. The molecule has 0 amide bonds. The zero-order valence-electron chi connectivity index (χ0n) is 7.19. The maximum absolute atomic E-state index is 10.5. The molecule has 13 heavy (non-hydrogen) atoms. The summed E-state index contributed by atoms with van der Waals surface area (Å²) in [6.07, 6.45) is 0.704. The fourth-order valence-corrected chi connectivity index (χ4v) is 1.20. The highest BCUT2D eigenvalue weighted by Crippen LogP contribution is 2.27. The van der Waals surface area contributed by atoms with Crippen LogP contribution in [0.25, 0.3) is 0 Å². The summed E-state index contributed by atoms with van der Waals surface area (Å²) in [6, 6.07) is 6.56. The average Bonchev–Trinajstić information content (AvgIpc) is 2.16. The highest BCUT2D eigenvalue weighted by molar-refractivity contribution is 5.66. The van der Waals surface area contributed by atoms with E-state index in [9.17, 15) is 9.90 Å². The zero-order chi connectivity index (χ0) is 9.84. The molecule has 0 saturated carbocycles. The van der Waals surface area contributed by atoms with Gasteiger partial charge in [0, 0.05) is 11.5 Å². The van der Waals surface area contributed by atoms with Crippen molar-refractivity contribution in [3.05, 3.63) is 29.3 Å². The van der Waals surface area contributed by atoms with E-state index in [4.69, 9.17) is 5.26 Å². The standard InChI is InChI=1S/C10H9NO2/c1-7(6-12)10-8(5-11)3-2-4-9(10)13/h2-4,6-7,13H,1H3. The van der Waals surface area contributed by atoms with Gasteiger partial charge in [-0.25, -0.2) is 0 Å². The van der Waals surface area contributed by atoms with E-state index in [1.54, 1.807) is 19.1 Å². The summed E-state index contributed by atoms with van der Waals surface area (Å²) >= 11 is 0. The molecule has 3 nitrogen and oxygen atoms in total. The number of phenolic OH excluding ortho intramolecular Hbond substituents is 1. The molecule has 0 radical (unpaired) electrons. The molecule has 1 aromatic carbocycles. The molecule has 3 heteroatoms. The second kappa shape index (κ2) is 3.72. The number of nitrogens with zero attached hydrogens (tertiary/aromatic N) is 1. The van der Waals surface area contributed by atoms with Gasteiger partial charge in [0.05, 0.1) is 11.6 Å². The SMILES string of the molecule is CC(C=O)c1c(O)cccc1C#N. The summed E-state index contributed by atoms with van der Waals surface area (Å²) in [5.74, 6) is -0.450. The van der Waals surface area contributed by atoms with Crippen LogP contribution in [0.5, 0.6) is 5.75 Å². The molecular formula is C10H9NO2. The molecule has 1 rings (SSSR count). The number of aromatic hydroxyl groups is 1. The Balaban J connectivity index is 3.32. The van der Waals surface area contributed by atoms with Crippen molar-refractivity contribution in [1.29, 1.82) is 5.26 Å². The lowest BCUT2D eigenvalue weighted by atomic mass is 9.96. The number of rotatable bonds is 2. The molecule has 1 atom stereocenters. The van der Waals surface area contributed by atoms with Gasteiger partial charge in [-0.1, -0.05) is 13.0 Å². The third-order valence-electron chi connectivity index (χ3n) is 1.86.